The second-order valence-corrected chi connectivity index (χ2v) is 18.5. The summed E-state index contributed by atoms with van der Waals surface area (Å²) >= 11 is 0. The number of para-hydroxylation sites is 2. The molecule has 0 radical (unpaired) electrons. The number of nitrogens with zero attached hydrogens (tertiary/aromatic N) is 2. The third-order valence-electron chi connectivity index (χ3n) is 10.6. The molecule has 7 aromatic rings. The van der Waals surface area contributed by atoms with Crippen LogP contribution in [0.25, 0.3) is 32.9 Å². The van der Waals surface area contributed by atoms with Crippen LogP contribution >= 0.6 is 0 Å². The van der Waals surface area contributed by atoms with Gasteiger partial charge in [-0.05, 0) is 103 Å². The molecule has 1 unspecified atom stereocenters. The van der Waals surface area contributed by atoms with Gasteiger partial charge < -0.3 is 18.9 Å². The third kappa shape index (κ3) is 6.54. The Labute approximate surface area is 302 Å². The summed E-state index contributed by atoms with van der Waals surface area (Å²) in [6, 6.07) is 53.3. The van der Waals surface area contributed by atoms with Crippen molar-refractivity contribution in [3.8, 4) is 11.1 Å². The highest BCUT2D eigenvalue weighted by Gasteiger charge is 2.30. The molecule has 256 valence electrons. The van der Waals surface area contributed by atoms with Crippen molar-refractivity contribution in [2.75, 3.05) is 11.5 Å². The number of aromatic nitrogens is 1. The molecule has 51 heavy (non-hydrogen) atoms. The van der Waals surface area contributed by atoms with Crippen LogP contribution in [0.1, 0.15) is 31.7 Å². The number of anilines is 3. The number of ether oxygens (including phenoxy) is 2. The molecule has 1 aromatic heterocycles. The summed E-state index contributed by atoms with van der Waals surface area (Å²) in [6.07, 6.45) is 3.19. The summed E-state index contributed by atoms with van der Waals surface area (Å²) in [4.78, 5) is 2.31. The lowest BCUT2D eigenvalue weighted by atomic mass is 10.0. The zero-order valence-corrected chi connectivity index (χ0v) is 30.9. The minimum Gasteiger partial charge on any atom is -0.353 e. The van der Waals surface area contributed by atoms with Gasteiger partial charge in [0.15, 0.2) is 6.29 Å². The molecule has 2 heterocycles. The lowest BCUT2D eigenvalue weighted by Crippen LogP contribution is -2.54. The first-order valence-electron chi connectivity index (χ1n) is 18.4. The molecule has 1 aliphatic heterocycles. The number of benzene rings is 6. The molecule has 1 fully saturated rings. The van der Waals surface area contributed by atoms with Crippen LogP contribution in [-0.2, 0) is 22.6 Å². The van der Waals surface area contributed by atoms with Gasteiger partial charge in [0.1, 0.15) is 8.07 Å². The highest BCUT2D eigenvalue weighted by Crippen LogP contribution is 2.37. The Morgan fingerprint density at radius 1 is 0.667 bits per heavy atom. The van der Waals surface area contributed by atoms with Gasteiger partial charge in [0.2, 0.25) is 0 Å². The second-order valence-electron chi connectivity index (χ2n) is 14.2. The Morgan fingerprint density at radius 3 is 1.94 bits per heavy atom. The van der Waals surface area contributed by atoms with Crippen molar-refractivity contribution >= 4 is 57.3 Å². The summed E-state index contributed by atoms with van der Waals surface area (Å²) in [5.41, 5.74) is 9.70. The first-order valence-corrected chi connectivity index (χ1v) is 21.4. The van der Waals surface area contributed by atoms with Gasteiger partial charge in [0.25, 0.3) is 0 Å². The lowest BCUT2D eigenvalue weighted by Gasteiger charge is -2.28. The molecule has 1 saturated heterocycles. The number of hydrogen-bond acceptors (Lipinski definition) is 3. The van der Waals surface area contributed by atoms with Crippen molar-refractivity contribution in [3.05, 3.63) is 151 Å². The predicted molar refractivity (Wildman–Crippen MR) is 217 cm³/mol. The van der Waals surface area contributed by atoms with E-state index in [0.717, 1.165) is 43.1 Å². The van der Waals surface area contributed by atoms with Crippen LogP contribution in [0.2, 0.25) is 13.1 Å². The molecule has 0 saturated carbocycles. The predicted octanol–water partition coefficient (Wildman–Crippen LogP) is 10.8. The zero-order valence-electron chi connectivity index (χ0n) is 29.9. The molecule has 1 atom stereocenters. The van der Waals surface area contributed by atoms with Gasteiger partial charge in [-0.25, -0.2) is 0 Å². The standard InChI is InChI=1S/C46H46N2O2Si/c1-4-47-43-28-24-35(34-22-25-39(26-23-34)48(37-16-7-5-8-17-37)38-18-9-6-10-19-38)31-41(43)42-32-40(27-29-44(42)47)51(2,3)45-20-12-11-15-36(45)33-50-46-21-13-14-30-49-46/h5-12,15-20,22-29,31-32,46H,4,13-14,21,30,33H2,1-3H3. The Balaban J connectivity index is 1.15. The van der Waals surface area contributed by atoms with Crippen molar-refractivity contribution in [1.29, 1.82) is 0 Å². The maximum Gasteiger partial charge on any atom is 0.158 e. The summed E-state index contributed by atoms with van der Waals surface area (Å²) in [5, 5.41) is 5.50. The monoisotopic (exact) mass is 686 g/mol. The Hall–Kier alpha value is -4.94. The highest BCUT2D eigenvalue weighted by molar-refractivity contribution is 7.00. The third-order valence-corrected chi connectivity index (χ3v) is 14.2. The van der Waals surface area contributed by atoms with E-state index in [-0.39, 0.29) is 6.29 Å². The molecule has 0 bridgehead atoms. The van der Waals surface area contributed by atoms with Crippen LogP contribution < -0.4 is 15.3 Å². The molecule has 8 rings (SSSR count). The highest BCUT2D eigenvalue weighted by atomic mass is 28.3. The van der Waals surface area contributed by atoms with E-state index in [1.54, 1.807) is 0 Å². The molecule has 0 N–H and O–H groups in total. The van der Waals surface area contributed by atoms with Crippen molar-refractivity contribution in [2.24, 2.45) is 0 Å². The van der Waals surface area contributed by atoms with E-state index in [2.05, 4.69) is 175 Å². The molecule has 0 spiro atoms. The summed E-state index contributed by atoms with van der Waals surface area (Å²) in [6.45, 7) is 9.51. The summed E-state index contributed by atoms with van der Waals surface area (Å²) in [7, 11) is -2.08. The van der Waals surface area contributed by atoms with Gasteiger partial charge >= 0.3 is 0 Å². The first-order chi connectivity index (χ1) is 25.0. The van der Waals surface area contributed by atoms with Crippen molar-refractivity contribution < 1.29 is 9.47 Å². The summed E-state index contributed by atoms with van der Waals surface area (Å²) in [5.74, 6) is 0. The van der Waals surface area contributed by atoms with Crippen molar-refractivity contribution in [2.45, 2.75) is 58.7 Å². The molecular formula is C46H46N2O2Si. The quantitative estimate of drug-likeness (QED) is 0.134. The Kier molecular flexibility index (Phi) is 9.35. The van der Waals surface area contributed by atoms with Gasteiger partial charge in [-0.1, -0.05) is 109 Å². The number of aryl methyl sites for hydroxylation is 1. The zero-order chi connectivity index (χ0) is 34.8. The summed E-state index contributed by atoms with van der Waals surface area (Å²) < 4.78 is 14.6. The maximum atomic E-state index is 6.30. The largest absolute Gasteiger partial charge is 0.353 e. The molecule has 5 heteroatoms. The SMILES string of the molecule is CCn1c2ccc(-c3ccc(N(c4ccccc4)c4ccccc4)cc3)cc2c2cc([Si](C)(C)c3ccccc3COC3CCCCO3)ccc21. The molecule has 6 aromatic carbocycles. The smallest absolute Gasteiger partial charge is 0.158 e. The first kappa shape index (κ1) is 33.2. The minimum atomic E-state index is -2.08. The van der Waals surface area contributed by atoms with Crippen molar-refractivity contribution in [1.82, 2.24) is 4.57 Å². The van der Waals surface area contributed by atoms with Crippen LogP contribution in [0.4, 0.5) is 17.1 Å². The van der Waals surface area contributed by atoms with E-state index < -0.39 is 8.07 Å². The van der Waals surface area contributed by atoms with E-state index in [0.29, 0.717) is 6.61 Å². The molecule has 1 aliphatic rings. The van der Waals surface area contributed by atoms with Gasteiger partial charge in [-0.2, -0.15) is 0 Å². The van der Waals surface area contributed by atoms with Crippen LogP contribution in [0, 0.1) is 0 Å². The van der Waals surface area contributed by atoms with E-state index >= 15 is 0 Å². The average molecular weight is 687 g/mol. The van der Waals surface area contributed by atoms with E-state index in [1.807, 2.05) is 0 Å². The fourth-order valence-electron chi connectivity index (χ4n) is 7.85. The van der Waals surface area contributed by atoms with Gasteiger partial charge in [-0.3, -0.25) is 0 Å². The van der Waals surface area contributed by atoms with E-state index in [9.17, 15) is 0 Å². The fourth-order valence-corrected chi connectivity index (χ4v) is 10.6. The van der Waals surface area contributed by atoms with Crippen LogP contribution in [-0.4, -0.2) is 25.5 Å². The Morgan fingerprint density at radius 2 is 1.27 bits per heavy atom. The fraction of sp³-hybridized carbons (Fsp3) is 0.217. The van der Waals surface area contributed by atoms with Crippen LogP contribution in [0.15, 0.2) is 146 Å². The average Bonchev–Trinajstić information content (AvgIpc) is 3.51. The van der Waals surface area contributed by atoms with Crippen LogP contribution in [0.5, 0.6) is 0 Å². The normalized spacial score (nSPS) is 15.0. The number of fused-ring (bicyclic) bond motifs is 3. The number of hydrogen-bond donors (Lipinski definition) is 0. The second kappa shape index (κ2) is 14.4. The van der Waals surface area contributed by atoms with E-state index in [1.165, 1.54) is 55.3 Å². The van der Waals surface area contributed by atoms with E-state index in [4.69, 9.17) is 9.47 Å². The minimum absolute atomic E-state index is 0.0924. The van der Waals surface area contributed by atoms with Crippen molar-refractivity contribution in [3.63, 3.8) is 0 Å². The molecule has 4 nitrogen and oxygen atoms in total. The van der Waals surface area contributed by atoms with Crippen LogP contribution in [0.3, 0.4) is 0 Å². The molecule has 0 amide bonds. The molecular weight excluding hydrogens is 641 g/mol. The maximum absolute atomic E-state index is 6.30. The number of rotatable bonds is 10. The van der Waals surface area contributed by atoms with Gasteiger partial charge in [0, 0.05) is 52.0 Å². The molecule has 0 aliphatic carbocycles. The van der Waals surface area contributed by atoms with Gasteiger partial charge in [-0.15, -0.1) is 0 Å². The Bertz CT molecular complexity index is 2220. The topological polar surface area (TPSA) is 26.6 Å². The van der Waals surface area contributed by atoms with Gasteiger partial charge in [0.05, 0.1) is 6.61 Å². The lowest BCUT2D eigenvalue weighted by molar-refractivity contribution is -0.168.